The first-order chi connectivity index (χ1) is 5.59. The molecule has 1 rings (SSSR count). The van der Waals surface area contributed by atoms with E-state index in [0.717, 1.165) is 19.5 Å². The number of rotatable bonds is 2. The first-order valence-electron chi connectivity index (χ1n) is 4.29. The second kappa shape index (κ2) is 3.76. The monoisotopic (exact) mass is 172 g/mol. The van der Waals surface area contributed by atoms with E-state index in [1.165, 1.54) is 0 Å². The summed E-state index contributed by atoms with van der Waals surface area (Å²) in [4.78, 5) is 12.7. The lowest BCUT2D eigenvalue weighted by Gasteiger charge is -2.19. The molecule has 1 atom stereocenters. The molecule has 1 fully saturated rings. The molecule has 1 heterocycles. The Hall–Kier alpha value is -0.770. The van der Waals surface area contributed by atoms with Crippen molar-refractivity contribution in [2.24, 2.45) is 5.73 Å². The quantitative estimate of drug-likeness (QED) is 0.662. The van der Waals surface area contributed by atoms with Crippen LogP contribution in [0.4, 0.5) is 4.79 Å². The summed E-state index contributed by atoms with van der Waals surface area (Å²) in [5.74, 6) is 0. The average Bonchev–Trinajstić information content (AvgIpc) is 2.34. The zero-order valence-electron chi connectivity index (χ0n) is 7.62. The SMILES string of the molecule is CC(C)N1CCC(OC(N)=O)C1. The van der Waals surface area contributed by atoms with Gasteiger partial charge in [-0.3, -0.25) is 4.90 Å². The molecular formula is C8H16N2O2. The zero-order chi connectivity index (χ0) is 9.14. The molecule has 0 spiro atoms. The van der Waals surface area contributed by atoms with Gasteiger partial charge in [0, 0.05) is 19.1 Å². The lowest BCUT2D eigenvalue weighted by molar-refractivity contribution is 0.106. The van der Waals surface area contributed by atoms with Gasteiger partial charge in [-0.2, -0.15) is 0 Å². The van der Waals surface area contributed by atoms with Crippen LogP contribution in [0.3, 0.4) is 0 Å². The maximum atomic E-state index is 10.4. The molecule has 12 heavy (non-hydrogen) atoms. The molecule has 0 saturated carbocycles. The number of likely N-dealkylation sites (tertiary alicyclic amines) is 1. The minimum Gasteiger partial charge on any atom is -0.445 e. The van der Waals surface area contributed by atoms with Crippen molar-refractivity contribution in [2.45, 2.75) is 32.4 Å². The van der Waals surface area contributed by atoms with Crippen LogP contribution in [0.25, 0.3) is 0 Å². The molecule has 1 aliphatic rings. The second-order valence-electron chi connectivity index (χ2n) is 3.44. The largest absolute Gasteiger partial charge is 0.445 e. The van der Waals surface area contributed by atoms with Crippen LogP contribution < -0.4 is 5.73 Å². The summed E-state index contributed by atoms with van der Waals surface area (Å²) in [5, 5.41) is 0. The van der Waals surface area contributed by atoms with E-state index < -0.39 is 6.09 Å². The number of amides is 1. The third kappa shape index (κ3) is 2.37. The number of nitrogens with two attached hydrogens (primary N) is 1. The summed E-state index contributed by atoms with van der Waals surface area (Å²) < 4.78 is 4.89. The molecule has 70 valence electrons. The summed E-state index contributed by atoms with van der Waals surface area (Å²) in [6.07, 6.45) is 0.247. The van der Waals surface area contributed by atoms with Gasteiger partial charge in [-0.05, 0) is 20.3 Å². The fourth-order valence-corrected chi connectivity index (χ4v) is 1.48. The fourth-order valence-electron chi connectivity index (χ4n) is 1.48. The molecule has 0 aliphatic carbocycles. The van der Waals surface area contributed by atoms with E-state index in [1.54, 1.807) is 0 Å². The number of hydrogen-bond acceptors (Lipinski definition) is 3. The van der Waals surface area contributed by atoms with Crippen molar-refractivity contribution in [1.29, 1.82) is 0 Å². The van der Waals surface area contributed by atoms with Gasteiger partial charge in [0.25, 0.3) is 0 Å². The van der Waals surface area contributed by atoms with Crippen LogP contribution in [-0.4, -0.2) is 36.2 Å². The van der Waals surface area contributed by atoms with E-state index in [1.807, 2.05) is 0 Å². The van der Waals surface area contributed by atoms with Gasteiger partial charge < -0.3 is 10.5 Å². The van der Waals surface area contributed by atoms with Gasteiger partial charge in [-0.15, -0.1) is 0 Å². The van der Waals surface area contributed by atoms with E-state index in [0.29, 0.717) is 6.04 Å². The van der Waals surface area contributed by atoms with Crippen LogP contribution >= 0.6 is 0 Å². The van der Waals surface area contributed by atoms with Gasteiger partial charge in [0.1, 0.15) is 6.10 Å². The number of ether oxygens (including phenoxy) is 1. The molecule has 1 aliphatic heterocycles. The van der Waals surface area contributed by atoms with Crippen molar-refractivity contribution >= 4 is 6.09 Å². The van der Waals surface area contributed by atoms with E-state index in [4.69, 9.17) is 10.5 Å². The molecule has 1 amide bonds. The zero-order valence-corrected chi connectivity index (χ0v) is 7.62. The second-order valence-corrected chi connectivity index (χ2v) is 3.44. The van der Waals surface area contributed by atoms with Gasteiger partial charge in [0.2, 0.25) is 0 Å². The molecule has 0 aromatic heterocycles. The van der Waals surface area contributed by atoms with Crippen molar-refractivity contribution in [3.63, 3.8) is 0 Å². The van der Waals surface area contributed by atoms with Gasteiger partial charge in [-0.1, -0.05) is 0 Å². The van der Waals surface area contributed by atoms with Crippen LogP contribution in [0.15, 0.2) is 0 Å². The minimum absolute atomic E-state index is 0.00454. The van der Waals surface area contributed by atoms with Crippen molar-refractivity contribution in [1.82, 2.24) is 4.90 Å². The Kier molecular flexibility index (Phi) is 2.92. The summed E-state index contributed by atoms with van der Waals surface area (Å²) >= 11 is 0. The highest BCUT2D eigenvalue weighted by atomic mass is 16.6. The Morgan fingerprint density at radius 2 is 2.33 bits per heavy atom. The van der Waals surface area contributed by atoms with Crippen LogP contribution in [0.2, 0.25) is 0 Å². The molecule has 4 heteroatoms. The number of hydrogen-bond donors (Lipinski definition) is 1. The first-order valence-corrected chi connectivity index (χ1v) is 4.29. The Balaban J connectivity index is 2.30. The van der Waals surface area contributed by atoms with E-state index in [-0.39, 0.29) is 6.10 Å². The number of nitrogens with zero attached hydrogens (tertiary/aromatic N) is 1. The third-order valence-corrected chi connectivity index (χ3v) is 2.19. The van der Waals surface area contributed by atoms with Crippen molar-refractivity contribution in [3.05, 3.63) is 0 Å². The van der Waals surface area contributed by atoms with Gasteiger partial charge in [-0.25, -0.2) is 4.79 Å². The predicted octanol–water partition coefficient (Wildman–Crippen LogP) is 0.564. The Bertz CT molecular complexity index is 170. The maximum absolute atomic E-state index is 10.4. The highest BCUT2D eigenvalue weighted by Gasteiger charge is 2.26. The van der Waals surface area contributed by atoms with Crippen LogP contribution in [0.1, 0.15) is 20.3 Å². The number of carbonyl (C=O) groups is 1. The molecule has 0 radical (unpaired) electrons. The summed E-state index contributed by atoms with van der Waals surface area (Å²) in [7, 11) is 0. The smallest absolute Gasteiger partial charge is 0.404 e. The molecule has 1 unspecified atom stereocenters. The molecule has 4 nitrogen and oxygen atoms in total. The van der Waals surface area contributed by atoms with E-state index in [2.05, 4.69) is 18.7 Å². The predicted molar refractivity (Wildman–Crippen MR) is 45.8 cm³/mol. The molecule has 0 aromatic carbocycles. The highest BCUT2D eigenvalue weighted by molar-refractivity contribution is 5.64. The average molecular weight is 172 g/mol. The number of carbonyl (C=O) groups excluding carboxylic acids is 1. The number of primary amides is 1. The summed E-state index contributed by atoms with van der Waals surface area (Å²) in [6.45, 7) is 6.08. The highest BCUT2D eigenvalue weighted by Crippen LogP contribution is 2.14. The standard InChI is InChI=1S/C8H16N2O2/c1-6(2)10-4-3-7(5-10)12-8(9)11/h6-7H,3-5H2,1-2H3,(H2,9,11). The first kappa shape index (κ1) is 9.32. The maximum Gasteiger partial charge on any atom is 0.404 e. The van der Waals surface area contributed by atoms with Gasteiger partial charge in [0.15, 0.2) is 0 Å². The van der Waals surface area contributed by atoms with Crippen LogP contribution in [0.5, 0.6) is 0 Å². The van der Waals surface area contributed by atoms with Crippen molar-refractivity contribution in [2.75, 3.05) is 13.1 Å². The lowest BCUT2D eigenvalue weighted by atomic mass is 10.3. The Morgan fingerprint density at radius 1 is 1.67 bits per heavy atom. The van der Waals surface area contributed by atoms with E-state index in [9.17, 15) is 4.79 Å². The van der Waals surface area contributed by atoms with E-state index >= 15 is 0 Å². The molecule has 1 saturated heterocycles. The molecule has 0 aromatic rings. The minimum atomic E-state index is -0.661. The summed E-state index contributed by atoms with van der Waals surface area (Å²) in [5.41, 5.74) is 4.91. The van der Waals surface area contributed by atoms with Crippen LogP contribution in [-0.2, 0) is 4.74 Å². The topological polar surface area (TPSA) is 55.6 Å². The van der Waals surface area contributed by atoms with Gasteiger partial charge in [0.05, 0.1) is 0 Å². The summed E-state index contributed by atoms with van der Waals surface area (Å²) in [6, 6.07) is 0.520. The molecular weight excluding hydrogens is 156 g/mol. The Labute approximate surface area is 72.7 Å². The molecule has 2 N–H and O–H groups in total. The lowest BCUT2D eigenvalue weighted by Crippen LogP contribution is -2.31. The normalized spacial score (nSPS) is 24.8. The van der Waals surface area contributed by atoms with Crippen molar-refractivity contribution < 1.29 is 9.53 Å². The Morgan fingerprint density at radius 3 is 2.75 bits per heavy atom. The fraction of sp³-hybridized carbons (Fsp3) is 0.875. The van der Waals surface area contributed by atoms with Gasteiger partial charge >= 0.3 is 6.09 Å². The van der Waals surface area contributed by atoms with Crippen LogP contribution in [0, 0.1) is 0 Å². The third-order valence-electron chi connectivity index (χ3n) is 2.19. The van der Waals surface area contributed by atoms with Crippen molar-refractivity contribution in [3.8, 4) is 0 Å². The molecule has 0 bridgehead atoms.